The predicted molar refractivity (Wildman–Crippen MR) is 118 cm³/mol. The van der Waals surface area contributed by atoms with Crippen molar-refractivity contribution in [1.82, 2.24) is 20.4 Å². The van der Waals surface area contributed by atoms with Gasteiger partial charge < -0.3 is 15.5 Å². The van der Waals surface area contributed by atoms with Crippen molar-refractivity contribution in [3.8, 4) is 0 Å². The van der Waals surface area contributed by atoms with Gasteiger partial charge in [0.15, 0.2) is 0 Å². The molecule has 0 bridgehead atoms. The zero-order valence-electron chi connectivity index (χ0n) is 16.0. The molecule has 0 aliphatic carbocycles. The molecule has 27 heavy (non-hydrogen) atoms. The van der Waals surface area contributed by atoms with E-state index < -0.39 is 0 Å². The standard InChI is InChI=1S/C19H30N4O.3ClH/c1-2-22-9-11-23(12-10-22)15-18-6-4-3-5-16(18)14-21-19(24)17-7-8-20-13-17;;;/h3-6,17,20H,2,7-15H2,1H3,(H,21,24);3*1H. The van der Waals surface area contributed by atoms with Crippen LogP contribution >= 0.6 is 37.2 Å². The van der Waals surface area contributed by atoms with Crippen LogP contribution in [0.25, 0.3) is 0 Å². The molecule has 1 amide bonds. The number of rotatable bonds is 6. The number of halogens is 3. The van der Waals surface area contributed by atoms with Crippen LogP contribution in [0.15, 0.2) is 24.3 Å². The number of nitrogens with zero attached hydrogens (tertiary/aromatic N) is 2. The molecule has 2 aliphatic heterocycles. The molecule has 0 aromatic heterocycles. The Labute approximate surface area is 181 Å². The molecule has 8 heteroatoms. The minimum Gasteiger partial charge on any atom is -0.352 e. The van der Waals surface area contributed by atoms with Gasteiger partial charge in [-0.3, -0.25) is 9.69 Å². The van der Waals surface area contributed by atoms with Crippen molar-refractivity contribution in [2.75, 3.05) is 45.8 Å². The highest BCUT2D eigenvalue weighted by atomic mass is 35.5. The fourth-order valence-corrected chi connectivity index (χ4v) is 3.59. The van der Waals surface area contributed by atoms with Gasteiger partial charge in [0.1, 0.15) is 0 Å². The number of likely N-dealkylation sites (N-methyl/N-ethyl adjacent to an activating group) is 1. The number of hydrogen-bond acceptors (Lipinski definition) is 4. The summed E-state index contributed by atoms with van der Waals surface area (Å²) in [6.07, 6.45) is 0.954. The van der Waals surface area contributed by atoms with Gasteiger partial charge in [-0.15, -0.1) is 37.2 Å². The van der Waals surface area contributed by atoms with E-state index in [9.17, 15) is 4.79 Å². The maximum atomic E-state index is 12.2. The van der Waals surface area contributed by atoms with Crippen LogP contribution in [0, 0.1) is 5.92 Å². The first-order valence-corrected chi connectivity index (χ1v) is 9.26. The summed E-state index contributed by atoms with van der Waals surface area (Å²) in [6.45, 7) is 11.3. The van der Waals surface area contributed by atoms with Crippen LogP contribution in [0.3, 0.4) is 0 Å². The van der Waals surface area contributed by atoms with Crippen LogP contribution in [0.5, 0.6) is 0 Å². The highest BCUT2D eigenvalue weighted by Gasteiger charge is 2.22. The molecule has 2 heterocycles. The van der Waals surface area contributed by atoms with Gasteiger partial charge in [-0.05, 0) is 30.6 Å². The second kappa shape index (κ2) is 13.6. The first-order valence-electron chi connectivity index (χ1n) is 9.26. The van der Waals surface area contributed by atoms with Gasteiger partial charge in [-0.25, -0.2) is 0 Å². The molecule has 156 valence electrons. The van der Waals surface area contributed by atoms with Gasteiger partial charge in [0.05, 0.1) is 5.92 Å². The lowest BCUT2D eigenvalue weighted by molar-refractivity contribution is -0.124. The van der Waals surface area contributed by atoms with E-state index in [1.807, 2.05) is 0 Å². The average molecular weight is 440 g/mol. The maximum absolute atomic E-state index is 12.2. The van der Waals surface area contributed by atoms with Crippen LogP contribution in [-0.4, -0.2) is 61.5 Å². The third-order valence-electron chi connectivity index (χ3n) is 5.31. The van der Waals surface area contributed by atoms with Gasteiger partial charge in [-0.1, -0.05) is 31.2 Å². The Morgan fingerprint density at radius 1 is 1.07 bits per heavy atom. The normalized spacial score (nSPS) is 20.1. The zero-order chi connectivity index (χ0) is 16.8. The molecule has 1 aromatic carbocycles. The van der Waals surface area contributed by atoms with Crippen LogP contribution in [0.2, 0.25) is 0 Å². The van der Waals surface area contributed by atoms with E-state index in [-0.39, 0.29) is 49.0 Å². The topological polar surface area (TPSA) is 47.6 Å². The molecule has 1 unspecified atom stereocenters. The van der Waals surface area contributed by atoms with E-state index >= 15 is 0 Å². The molecule has 2 fully saturated rings. The minimum absolute atomic E-state index is 0. The summed E-state index contributed by atoms with van der Waals surface area (Å²) in [5, 5.41) is 6.38. The van der Waals surface area contributed by atoms with Crippen molar-refractivity contribution in [2.45, 2.75) is 26.4 Å². The van der Waals surface area contributed by atoms with Crippen LogP contribution in [0.4, 0.5) is 0 Å². The van der Waals surface area contributed by atoms with Crippen LogP contribution in [0.1, 0.15) is 24.5 Å². The number of amides is 1. The van der Waals surface area contributed by atoms with Crippen molar-refractivity contribution in [3.63, 3.8) is 0 Å². The number of carbonyl (C=O) groups excluding carboxylic acids is 1. The zero-order valence-corrected chi connectivity index (χ0v) is 18.4. The van der Waals surface area contributed by atoms with Crippen molar-refractivity contribution in [2.24, 2.45) is 5.92 Å². The molecular weight excluding hydrogens is 407 g/mol. The fourth-order valence-electron chi connectivity index (χ4n) is 3.59. The third kappa shape index (κ3) is 7.76. The molecule has 1 atom stereocenters. The van der Waals surface area contributed by atoms with Crippen molar-refractivity contribution in [3.05, 3.63) is 35.4 Å². The second-order valence-electron chi connectivity index (χ2n) is 6.89. The highest BCUT2D eigenvalue weighted by molar-refractivity contribution is 5.86. The molecular formula is C19H33Cl3N4O. The second-order valence-corrected chi connectivity index (χ2v) is 6.89. The molecule has 1 aromatic rings. The predicted octanol–water partition coefficient (Wildman–Crippen LogP) is 2.32. The van der Waals surface area contributed by atoms with Crippen LogP contribution in [-0.2, 0) is 17.9 Å². The molecule has 3 rings (SSSR count). The SMILES string of the molecule is CCN1CCN(Cc2ccccc2CNC(=O)C2CCNC2)CC1.Cl.Cl.Cl. The summed E-state index contributed by atoms with van der Waals surface area (Å²) in [4.78, 5) is 17.2. The van der Waals surface area contributed by atoms with Gasteiger partial charge in [0, 0.05) is 45.8 Å². The number of nitrogens with one attached hydrogen (secondary N) is 2. The number of piperazine rings is 1. The number of hydrogen-bond donors (Lipinski definition) is 2. The first-order chi connectivity index (χ1) is 11.8. The van der Waals surface area contributed by atoms with Crippen LogP contribution < -0.4 is 10.6 Å². The molecule has 2 saturated heterocycles. The van der Waals surface area contributed by atoms with Crippen molar-refractivity contribution >= 4 is 43.1 Å². The Bertz CT molecular complexity index is 548. The molecule has 0 radical (unpaired) electrons. The Balaban J connectivity index is 0.00000225. The smallest absolute Gasteiger partial charge is 0.224 e. The number of carbonyl (C=O) groups is 1. The van der Waals surface area contributed by atoms with E-state index in [0.29, 0.717) is 6.54 Å². The van der Waals surface area contributed by atoms with E-state index in [1.54, 1.807) is 0 Å². The summed E-state index contributed by atoms with van der Waals surface area (Å²) >= 11 is 0. The summed E-state index contributed by atoms with van der Waals surface area (Å²) in [5.74, 6) is 0.325. The van der Waals surface area contributed by atoms with Crippen molar-refractivity contribution in [1.29, 1.82) is 0 Å². The Morgan fingerprint density at radius 3 is 2.30 bits per heavy atom. The number of benzene rings is 1. The summed E-state index contributed by atoms with van der Waals surface area (Å²) in [6, 6.07) is 8.51. The average Bonchev–Trinajstić information content (AvgIpc) is 3.16. The monoisotopic (exact) mass is 438 g/mol. The highest BCUT2D eigenvalue weighted by Crippen LogP contribution is 2.14. The van der Waals surface area contributed by atoms with Gasteiger partial charge in [0.2, 0.25) is 5.91 Å². The van der Waals surface area contributed by atoms with E-state index in [0.717, 1.165) is 58.8 Å². The van der Waals surface area contributed by atoms with Gasteiger partial charge in [0.25, 0.3) is 0 Å². The molecule has 2 aliphatic rings. The molecule has 5 nitrogen and oxygen atoms in total. The fraction of sp³-hybridized carbons (Fsp3) is 0.632. The molecule has 0 spiro atoms. The summed E-state index contributed by atoms with van der Waals surface area (Å²) < 4.78 is 0. The molecule has 2 N–H and O–H groups in total. The van der Waals surface area contributed by atoms with E-state index in [2.05, 4.69) is 51.6 Å². The Kier molecular flexibility index (Phi) is 13.3. The largest absolute Gasteiger partial charge is 0.352 e. The maximum Gasteiger partial charge on any atom is 0.224 e. The van der Waals surface area contributed by atoms with E-state index in [4.69, 9.17) is 0 Å². The summed E-state index contributed by atoms with van der Waals surface area (Å²) in [7, 11) is 0. The van der Waals surface area contributed by atoms with Gasteiger partial charge >= 0.3 is 0 Å². The minimum atomic E-state index is 0. The lowest BCUT2D eigenvalue weighted by Crippen LogP contribution is -2.45. The lowest BCUT2D eigenvalue weighted by Gasteiger charge is -2.34. The Morgan fingerprint density at radius 2 is 1.70 bits per heavy atom. The third-order valence-corrected chi connectivity index (χ3v) is 5.31. The quantitative estimate of drug-likeness (QED) is 0.714. The van der Waals surface area contributed by atoms with E-state index in [1.165, 1.54) is 11.1 Å². The Hall–Kier alpha value is -0.560. The molecule has 0 saturated carbocycles. The van der Waals surface area contributed by atoms with Gasteiger partial charge in [-0.2, -0.15) is 0 Å². The summed E-state index contributed by atoms with van der Waals surface area (Å²) in [5.41, 5.74) is 2.59. The van der Waals surface area contributed by atoms with Crippen molar-refractivity contribution < 1.29 is 4.79 Å². The first kappa shape index (κ1) is 26.4. The lowest BCUT2D eigenvalue weighted by atomic mass is 10.1.